The lowest BCUT2D eigenvalue weighted by molar-refractivity contribution is 0.606. The Hall–Kier alpha value is -0.840. The molecule has 0 amide bonds. The maximum Gasteiger partial charge on any atom is 0.274 e. The van der Waals surface area contributed by atoms with Crippen LogP contribution in [0.15, 0.2) is 10.4 Å². The third kappa shape index (κ3) is 1.94. The third-order valence-electron chi connectivity index (χ3n) is 0.458. The van der Waals surface area contributed by atoms with Crippen molar-refractivity contribution in [2.24, 2.45) is 10.4 Å². The van der Waals surface area contributed by atoms with Gasteiger partial charge in [0, 0.05) is 0 Å². The van der Waals surface area contributed by atoms with E-state index in [4.69, 9.17) is 0 Å². The van der Waals surface area contributed by atoms with Crippen molar-refractivity contribution in [2.45, 2.75) is 6.29 Å². The molecule has 1 N–H and O–H groups in total. The molecule has 0 aliphatic heterocycles. The molecule has 0 bridgehead atoms. The van der Waals surface area contributed by atoms with Crippen LogP contribution in [0.4, 0.5) is 0 Å². The highest BCUT2D eigenvalue weighted by atomic mass is 16.3. The van der Waals surface area contributed by atoms with Crippen LogP contribution >= 0.6 is 0 Å². The molecule has 0 radical (unpaired) electrons. The van der Waals surface area contributed by atoms with Crippen molar-refractivity contribution >= 4 is 0 Å². The van der Waals surface area contributed by atoms with E-state index >= 15 is 0 Å². The first-order valence-electron chi connectivity index (χ1n) is 1.67. The van der Waals surface area contributed by atoms with Crippen LogP contribution in [0.25, 0.3) is 0 Å². The Morgan fingerprint density at radius 2 is 1.86 bits per heavy atom. The summed E-state index contributed by atoms with van der Waals surface area (Å²) in [4.78, 5) is 18.7. The Kier molecular flexibility index (Phi) is 2.95. The van der Waals surface area contributed by atoms with E-state index in [1.807, 2.05) is 0 Å². The van der Waals surface area contributed by atoms with Gasteiger partial charge in [-0.1, -0.05) is 0 Å². The first-order chi connectivity index (χ1) is 3.35. The Labute approximate surface area is 40.0 Å². The van der Waals surface area contributed by atoms with Gasteiger partial charge in [0.15, 0.2) is 0 Å². The number of nitrogens with one attached hydrogen (secondary N) is 1. The second-order valence-electron chi connectivity index (χ2n) is 0.873. The molecule has 0 aromatic carbocycles. The summed E-state index contributed by atoms with van der Waals surface area (Å²) in [5.74, 6) is 0. The highest BCUT2D eigenvalue weighted by Gasteiger charge is 1.98. The Balaban J connectivity index is 3.36. The van der Waals surface area contributed by atoms with E-state index in [-0.39, 0.29) is 0 Å². The van der Waals surface area contributed by atoms with Gasteiger partial charge in [0.2, 0.25) is 0 Å². The summed E-state index contributed by atoms with van der Waals surface area (Å²) >= 11 is 0. The maximum atomic E-state index is 9.36. The minimum absolute atomic E-state index is 1.13. The Morgan fingerprint density at radius 3 is 1.86 bits per heavy atom. The van der Waals surface area contributed by atoms with Gasteiger partial charge in [0.1, 0.15) is 0 Å². The van der Waals surface area contributed by atoms with Crippen LogP contribution in [0, 0.1) is 9.81 Å². The molecule has 0 aliphatic rings. The fourth-order valence-corrected chi connectivity index (χ4v) is 0.125. The zero-order valence-electron chi connectivity index (χ0n) is 3.79. The van der Waals surface area contributed by atoms with Crippen LogP contribution in [-0.4, -0.2) is 13.3 Å². The lowest BCUT2D eigenvalue weighted by Crippen LogP contribution is -2.18. The molecule has 0 saturated heterocycles. The molecule has 5 nitrogen and oxygen atoms in total. The predicted octanol–water partition coefficient (Wildman–Crippen LogP) is 0.0222. The summed E-state index contributed by atoms with van der Waals surface area (Å²) in [5, 5.41) is 6.81. The summed E-state index contributed by atoms with van der Waals surface area (Å²) in [7, 11) is 1.42. The molecule has 0 fully saturated rings. The molecule has 0 rings (SSSR count). The zero-order valence-corrected chi connectivity index (χ0v) is 3.79. The SMILES string of the molecule is CNC(N=O)N=O. The van der Waals surface area contributed by atoms with Gasteiger partial charge in [-0.15, -0.1) is 9.81 Å². The largest absolute Gasteiger partial charge is 0.274 e. The fourth-order valence-electron chi connectivity index (χ4n) is 0.125. The molecule has 0 heterocycles. The van der Waals surface area contributed by atoms with Crippen LogP contribution in [-0.2, 0) is 0 Å². The predicted molar refractivity (Wildman–Crippen MR) is 24.4 cm³/mol. The lowest BCUT2D eigenvalue weighted by Gasteiger charge is -1.90. The molecule has 5 heteroatoms. The van der Waals surface area contributed by atoms with Crippen molar-refractivity contribution in [1.82, 2.24) is 5.32 Å². The third-order valence-corrected chi connectivity index (χ3v) is 0.458. The number of nitroso groups, excluding NO2 is 2. The molecule has 40 valence electrons. The van der Waals surface area contributed by atoms with Gasteiger partial charge >= 0.3 is 0 Å². The molecule has 0 atom stereocenters. The van der Waals surface area contributed by atoms with Crippen LogP contribution in [0.1, 0.15) is 0 Å². The van der Waals surface area contributed by atoms with E-state index in [9.17, 15) is 9.81 Å². The van der Waals surface area contributed by atoms with Crippen molar-refractivity contribution in [3.8, 4) is 0 Å². The molecular weight excluding hydrogens is 98.0 g/mol. The molecule has 0 unspecified atom stereocenters. The smallest absolute Gasteiger partial charge is 0.274 e. The zero-order chi connectivity index (χ0) is 5.70. The summed E-state index contributed by atoms with van der Waals surface area (Å²) in [6.45, 7) is 0. The van der Waals surface area contributed by atoms with Gasteiger partial charge in [-0.25, -0.2) is 0 Å². The van der Waals surface area contributed by atoms with E-state index in [0.717, 1.165) is 0 Å². The quantitative estimate of drug-likeness (QED) is 0.512. The van der Waals surface area contributed by atoms with Gasteiger partial charge < -0.3 is 0 Å². The van der Waals surface area contributed by atoms with E-state index in [2.05, 4.69) is 15.7 Å². The molecule has 0 aromatic rings. The van der Waals surface area contributed by atoms with Gasteiger partial charge in [-0.05, 0) is 17.4 Å². The standard InChI is InChI=1S/C2H5N3O2/c1-3-2(4-6)5-7/h2-3H,1H3. The van der Waals surface area contributed by atoms with E-state index in [1.54, 1.807) is 0 Å². The van der Waals surface area contributed by atoms with Gasteiger partial charge in [0.25, 0.3) is 6.29 Å². The molecule has 0 saturated carbocycles. The normalized spacial score (nSPS) is 8.86. The minimum atomic E-state index is -1.13. The second kappa shape index (κ2) is 3.35. The van der Waals surface area contributed by atoms with E-state index in [1.165, 1.54) is 7.05 Å². The van der Waals surface area contributed by atoms with Crippen molar-refractivity contribution in [2.75, 3.05) is 7.05 Å². The minimum Gasteiger partial charge on any atom is -0.274 e. The second-order valence-corrected chi connectivity index (χ2v) is 0.873. The van der Waals surface area contributed by atoms with Gasteiger partial charge in [0.05, 0.1) is 0 Å². The van der Waals surface area contributed by atoms with Crippen LogP contribution < -0.4 is 5.32 Å². The summed E-state index contributed by atoms with van der Waals surface area (Å²) in [5.41, 5.74) is 0. The summed E-state index contributed by atoms with van der Waals surface area (Å²) in [6, 6.07) is 0. The fraction of sp³-hybridized carbons (Fsp3) is 1.00. The van der Waals surface area contributed by atoms with Crippen molar-refractivity contribution in [3.05, 3.63) is 9.81 Å². The highest BCUT2D eigenvalue weighted by molar-refractivity contribution is 4.51. The molecule has 0 aliphatic carbocycles. The molecule has 0 spiro atoms. The molecule has 0 aromatic heterocycles. The van der Waals surface area contributed by atoms with Crippen molar-refractivity contribution in [3.63, 3.8) is 0 Å². The topological polar surface area (TPSA) is 70.9 Å². The monoisotopic (exact) mass is 103 g/mol. The van der Waals surface area contributed by atoms with E-state index < -0.39 is 6.29 Å². The van der Waals surface area contributed by atoms with Crippen molar-refractivity contribution in [1.29, 1.82) is 0 Å². The lowest BCUT2D eigenvalue weighted by atomic mass is 10.9. The summed E-state index contributed by atoms with van der Waals surface area (Å²) in [6.07, 6.45) is -1.13. The first-order valence-corrected chi connectivity index (χ1v) is 1.67. The highest BCUT2D eigenvalue weighted by Crippen LogP contribution is 1.80. The maximum absolute atomic E-state index is 9.36. The average Bonchev–Trinajstić information content (AvgIpc) is 1.72. The van der Waals surface area contributed by atoms with Crippen LogP contribution in [0.2, 0.25) is 0 Å². The molecule has 7 heavy (non-hydrogen) atoms. The Morgan fingerprint density at radius 1 is 1.43 bits per heavy atom. The number of hydrogen-bond acceptors (Lipinski definition) is 5. The summed E-state index contributed by atoms with van der Waals surface area (Å²) < 4.78 is 0. The number of rotatable bonds is 3. The number of nitrogens with zero attached hydrogens (tertiary/aromatic N) is 2. The van der Waals surface area contributed by atoms with Crippen molar-refractivity contribution < 1.29 is 0 Å². The van der Waals surface area contributed by atoms with Gasteiger partial charge in [-0.2, -0.15) is 0 Å². The first kappa shape index (κ1) is 6.16. The number of hydrogen-bond donors (Lipinski definition) is 1. The Bertz CT molecular complexity index is 65.3. The van der Waals surface area contributed by atoms with E-state index in [0.29, 0.717) is 0 Å². The van der Waals surface area contributed by atoms with Crippen LogP contribution in [0.5, 0.6) is 0 Å². The average molecular weight is 103 g/mol. The van der Waals surface area contributed by atoms with Gasteiger partial charge in [-0.3, -0.25) is 5.32 Å². The molecular formula is C2H5N3O2. The van der Waals surface area contributed by atoms with Crippen LogP contribution in [0.3, 0.4) is 0 Å².